The van der Waals surface area contributed by atoms with Crippen molar-refractivity contribution in [2.75, 3.05) is 6.61 Å². The van der Waals surface area contributed by atoms with E-state index in [4.69, 9.17) is 28.4 Å². The predicted molar refractivity (Wildman–Crippen MR) is 135 cm³/mol. The van der Waals surface area contributed by atoms with Crippen LogP contribution < -0.4 is 11.2 Å². The number of esters is 5. The summed E-state index contributed by atoms with van der Waals surface area (Å²) in [6.07, 6.45) is -7.61. The fourth-order valence-electron chi connectivity index (χ4n) is 3.78. The highest BCUT2D eigenvalue weighted by Gasteiger charge is 2.51. The molecular weight excluding hydrogens is 568 g/mol. The maximum Gasteiger partial charge on any atom is 0.328 e. The van der Waals surface area contributed by atoms with E-state index in [1.165, 1.54) is 0 Å². The van der Waals surface area contributed by atoms with Gasteiger partial charge in [0.25, 0.3) is 5.56 Å². The number of hydrazone groups is 1. The van der Waals surface area contributed by atoms with E-state index in [9.17, 15) is 38.4 Å². The standard InChI is InChI=1S/C24H30N4O14/c1-11(29)28-23(42-19(26-28)9-27-8-7-18(35)25-24(27)36)22(41-16(6)34)21(40-15(5)33)20(39-14(4)32)17(38-13(3)31)10-37-12(2)30/h7-8,17,20-23H,9-10H2,1-6H3,(H,25,35,36)/t17-,20-,21+,22+,23?/m1/s1. The number of nitrogens with one attached hydrogen (secondary N) is 1. The van der Waals surface area contributed by atoms with Gasteiger partial charge in [0.1, 0.15) is 13.2 Å². The number of carbonyl (C=O) groups excluding carboxylic acids is 6. The monoisotopic (exact) mass is 598 g/mol. The molecule has 0 spiro atoms. The lowest BCUT2D eigenvalue weighted by Gasteiger charge is -2.37. The Hall–Kier alpha value is -5.03. The Balaban J connectivity index is 2.63. The summed E-state index contributed by atoms with van der Waals surface area (Å²) >= 11 is 0. The second kappa shape index (κ2) is 14.6. The average molecular weight is 599 g/mol. The number of aromatic nitrogens is 2. The van der Waals surface area contributed by atoms with E-state index in [1.54, 1.807) is 0 Å². The first-order valence-corrected chi connectivity index (χ1v) is 12.2. The van der Waals surface area contributed by atoms with Crippen LogP contribution in [0.15, 0.2) is 27.0 Å². The summed E-state index contributed by atoms with van der Waals surface area (Å²) < 4.78 is 33.0. The third-order valence-electron chi connectivity index (χ3n) is 5.21. The topological polar surface area (TPSA) is 228 Å². The molecule has 0 fully saturated rings. The van der Waals surface area contributed by atoms with Crippen molar-refractivity contribution in [3.05, 3.63) is 33.1 Å². The molecule has 1 aromatic rings. The summed E-state index contributed by atoms with van der Waals surface area (Å²) in [7, 11) is 0. The fourth-order valence-corrected chi connectivity index (χ4v) is 3.78. The minimum absolute atomic E-state index is 0.274. The van der Waals surface area contributed by atoms with Crippen molar-refractivity contribution >= 4 is 41.7 Å². The summed E-state index contributed by atoms with van der Waals surface area (Å²) in [5.74, 6) is -5.67. The minimum Gasteiger partial charge on any atom is -0.462 e. The van der Waals surface area contributed by atoms with Gasteiger partial charge < -0.3 is 28.4 Å². The van der Waals surface area contributed by atoms with Crippen LogP contribution in [0.5, 0.6) is 0 Å². The van der Waals surface area contributed by atoms with E-state index in [-0.39, 0.29) is 5.90 Å². The number of hydrogen-bond acceptors (Lipinski definition) is 15. The van der Waals surface area contributed by atoms with Gasteiger partial charge in [0, 0.05) is 53.8 Å². The van der Waals surface area contributed by atoms with Crippen LogP contribution in [-0.4, -0.2) is 93.5 Å². The van der Waals surface area contributed by atoms with Crippen molar-refractivity contribution in [3.63, 3.8) is 0 Å². The van der Waals surface area contributed by atoms with Crippen LogP contribution in [0.3, 0.4) is 0 Å². The van der Waals surface area contributed by atoms with Gasteiger partial charge in [0.05, 0.1) is 0 Å². The molecule has 0 saturated heterocycles. The first kappa shape index (κ1) is 33.2. The number of rotatable bonds is 12. The molecule has 1 aliphatic rings. The molecule has 2 rings (SSSR count). The number of H-pyrrole nitrogens is 1. The van der Waals surface area contributed by atoms with Crippen LogP contribution in [0.4, 0.5) is 0 Å². The van der Waals surface area contributed by atoms with Gasteiger partial charge in [-0.1, -0.05) is 0 Å². The smallest absolute Gasteiger partial charge is 0.328 e. The van der Waals surface area contributed by atoms with Crippen LogP contribution >= 0.6 is 0 Å². The molecule has 5 atom stereocenters. The molecule has 0 radical (unpaired) electrons. The molecule has 42 heavy (non-hydrogen) atoms. The highest BCUT2D eigenvalue weighted by atomic mass is 16.6. The molecule has 0 bridgehead atoms. The molecule has 0 saturated carbocycles. The zero-order valence-electron chi connectivity index (χ0n) is 23.5. The Bertz CT molecular complexity index is 1370. The summed E-state index contributed by atoms with van der Waals surface area (Å²) in [5, 5.41) is 4.74. The highest BCUT2D eigenvalue weighted by molar-refractivity contribution is 5.82. The van der Waals surface area contributed by atoms with Gasteiger partial charge in [-0.05, 0) is 0 Å². The van der Waals surface area contributed by atoms with E-state index in [0.717, 1.165) is 58.4 Å². The Labute approximate surface area is 237 Å². The van der Waals surface area contributed by atoms with Crippen molar-refractivity contribution in [2.45, 2.75) is 78.7 Å². The Kier molecular flexibility index (Phi) is 11.5. The van der Waals surface area contributed by atoms with Crippen LogP contribution in [-0.2, 0) is 63.7 Å². The number of ether oxygens (including phenoxy) is 6. The van der Waals surface area contributed by atoms with E-state index in [2.05, 4.69) is 5.10 Å². The third-order valence-corrected chi connectivity index (χ3v) is 5.21. The first-order valence-electron chi connectivity index (χ1n) is 12.2. The maximum atomic E-state index is 12.6. The number of aromatic amines is 1. The van der Waals surface area contributed by atoms with Crippen LogP contribution in [0.2, 0.25) is 0 Å². The van der Waals surface area contributed by atoms with Crippen molar-refractivity contribution < 1.29 is 57.2 Å². The summed E-state index contributed by atoms with van der Waals surface area (Å²) in [6, 6.07) is 1.05. The van der Waals surface area contributed by atoms with Crippen LogP contribution in [0.1, 0.15) is 41.5 Å². The second-order valence-electron chi connectivity index (χ2n) is 8.78. The van der Waals surface area contributed by atoms with Crippen molar-refractivity contribution in [2.24, 2.45) is 5.10 Å². The number of hydrogen-bond donors (Lipinski definition) is 1. The van der Waals surface area contributed by atoms with Crippen molar-refractivity contribution in [1.82, 2.24) is 14.6 Å². The Morgan fingerprint density at radius 2 is 1.43 bits per heavy atom. The van der Waals surface area contributed by atoms with E-state index < -0.39 is 90.8 Å². The quantitative estimate of drug-likeness (QED) is 0.210. The SMILES string of the molecule is CC(=O)OC[C@@H](OC(C)=O)[C@@H](OC(C)=O)[C@H](OC(C)=O)[C@H](OC(C)=O)C1OC(Cn2ccc(=O)[nH]c2=O)=NN1C(C)=O. The molecule has 0 aliphatic carbocycles. The summed E-state index contributed by atoms with van der Waals surface area (Å²) in [4.78, 5) is 98.2. The lowest BCUT2D eigenvalue weighted by molar-refractivity contribution is -0.216. The molecule has 1 unspecified atom stereocenters. The molecular formula is C24H30N4O14. The van der Waals surface area contributed by atoms with E-state index >= 15 is 0 Å². The van der Waals surface area contributed by atoms with Gasteiger partial charge in [-0.3, -0.25) is 43.1 Å². The molecule has 1 amide bonds. The number of nitrogens with zero attached hydrogens (tertiary/aromatic N) is 3. The first-order chi connectivity index (χ1) is 19.6. The normalized spacial score (nSPS) is 17.0. The van der Waals surface area contributed by atoms with Gasteiger partial charge in [0.15, 0.2) is 24.4 Å². The average Bonchev–Trinajstić information content (AvgIpc) is 3.27. The van der Waals surface area contributed by atoms with Crippen molar-refractivity contribution in [3.8, 4) is 0 Å². The summed E-state index contributed by atoms with van der Waals surface area (Å²) in [6.45, 7) is 4.98. The van der Waals surface area contributed by atoms with E-state index in [0.29, 0.717) is 5.01 Å². The Morgan fingerprint density at radius 1 is 0.857 bits per heavy atom. The highest BCUT2D eigenvalue weighted by Crippen LogP contribution is 2.28. The fraction of sp³-hybridized carbons (Fsp3) is 0.542. The second-order valence-corrected chi connectivity index (χ2v) is 8.78. The zero-order valence-corrected chi connectivity index (χ0v) is 23.5. The lowest BCUT2D eigenvalue weighted by atomic mass is 10.00. The minimum atomic E-state index is -1.85. The molecule has 18 nitrogen and oxygen atoms in total. The molecule has 2 heterocycles. The van der Waals surface area contributed by atoms with Gasteiger partial charge >= 0.3 is 35.5 Å². The van der Waals surface area contributed by atoms with Crippen LogP contribution in [0, 0.1) is 0 Å². The molecule has 1 aliphatic heterocycles. The molecule has 0 aromatic carbocycles. The third kappa shape index (κ3) is 9.56. The van der Waals surface area contributed by atoms with Gasteiger partial charge in [-0.25, -0.2) is 4.79 Å². The number of amides is 1. The number of carbonyl (C=O) groups is 6. The largest absolute Gasteiger partial charge is 0.462 e. The Morgan fingerprint density at radius 3 is 1.93 bits per heavy atom. The lowest BCUT2D eigenvalue weighted by Crippen LogP contribution is -2.59. The molecule has 1 N–H and O–H groups in total. The molecule has 1 aromatic heterocycles. The van der Waals surface area contributed by atoms with Gasteiger partial charge in [0.2, 0.25) is 18.0 Å². The zero-order chi connectivity index (χ0) is 31.7. The van der Waals surface area contributed by atoms with Crippen LogP contribution in [0.25, 0.3) is 0 Å². The molecule has 230 valence electrons. The van der Waals surface area contributed by atoms with E-state index in [1.807, 2.05) is 4.98 Å². The maximum absolute atomic E-state index is 12.6. The molecule has 18 heteroatoms. The predicted octanol–water partition coefficient (Wildman–Crippen LogP) is -1.66. The van der Waals surface area contributed by atoms with Gasteiger partial charge in [-0.2, -0.15) is 5.01 Å². The van der Waals surface area contributed by atoms with Crippen molar-refractivity contribution in [1.29, 1.82) is 0 Å². The van der Waals surface area contributed by atoms with Gasteiger partial charge in [-0.15, -0.1) is 5.10 Å². The summed E-state index contributed by atoms with van der Waals surface area (Å²) in [5.41, 5.74) is -1.49.